The van der Waals surface area contributed by atoms with E-state index in [0.29, 0.717) is 17.8 Å². The predicted octanol–water partition coefficient (Wildman–Crippen LogP) is 4.68. The summed E-state index contributed by atoms with van der Waals surface area (Å²) in [6, 6.07) is 13.9. The van der Waals surface area contributed by atoms with Crippen LogP contribution in [0.3, 0.4) is 0 Å². The quantitative estimate of drug-likeness (QED) is 0.442. The summed E-state index contributed by atoms with van der Waals surface area (Å²) in [4.78, 5) is 23.9. The van der Waals surface area contributed by atoms with Gasteiger partial charge in [0, 0.05) is 81.9 Å². The minimum absolute atomic E-state index is 0.0237. The number of carbonyl (C=O) groups excluding carboxylic acids is 1. The van der Waals surface area contributed by atoms with Crippen molar-refractivity contribution in [2.24, 2.45) is 0 Å². The lowest BCUT2D eigenvalue weighted by Gasteiger charge is -2.37. The molecule has 0 aliphatic carbocycles. The molecule has 5 rings (SSSR count). The fraction of sp³-hybridized carbons (Fsp3) is 0.355. The van der Waals surface area contributed by atoms with Gasteiger partial charge in [-0.2, -0.15) is 0 Å². The smallest absolute Gasteiger partial charge is 0.270 e. The van der Waals surface area contributed by atoms with Crippen molar-refractivity contribution in [3.05, 3.63) is 107 Å². The largest absolute Gasteiger partial charge is 0.369 e. The molecule has 1 N–H and O–H groups in total. The van der Waals surface area contributed by atoms with Gasteiger partial charge in [-0.25, -0.2) is 13.2 Å². The van der Waals surface area contributed by atoms with Crippen molar-refractivity contribution in [3.63, 3.8) is 0 Å². The van der Waals surface area contributed by atoms with E-state index in [9.17, 15) is 18.0 Å². The second kappa shape index (κ2) is 12.7. The minimum atomic E-state index is -0.569. The van der Waals surface area contributed by atoms with Gasteiger partial charge in [-0.15, -0.1) is 0 Å². The summed E-state index contributed by atoms with van der Waals surface area (Å²) in [5, 5.41) is 3.07. The van der Waals surface area contributed by atoms with Crippen LogP contribution in [-0.4, -0.2) is 70.9 Å². The van der Waals surface area contributed by atoms with Crippen molar-refractivity contribution in [1.82, 2.24) is 25.0 Å². The van der Waals surface area contributed by atoms with Crippen LogP contribution >= 0.6 is 0 Å². The van der Waals surface area contributed by atoms with Gasteiger partial charge in [-0.1, -0.05) is 18.7 Å². The van der Waals surface area contributed by atoms with Crippen LogP contribution in [0.5, 0.6) is 0 Å². The Morgan fingerprint density at radius 1 is 0.800 bits per heavy atom. The summed E-state index contributed by atoms with van der Waals surface area (Å²) in [6.45, 7) is 10.4. The lowest BCUT2D eigenvalue weighted by atomic mass is 10.0. The van der Waals surface area contributed by atoms with E-state index < -0.39 is 11.6 Å². The first-order valence-electron chi connectivity index (χ1n) is 13.7. The molecule has 1 aromatic heterocycles. The molecule has 2 saturated heterocycles. The molecular weight excluding hydrogens is 515 g/mol. The summed E-state index contributed by atoms with van der Waals surface area (Å²) in [7, 11) is 0. The van der Waals surface area contributed by atoms with Crippen molar-refractivity contribution < 1.29 is 18.0 Å². The highest BCUT2D eigenvalue weighted by Gasteiger charge is 2.23. The SMILES string of the molecule is C=C(c1ccc(C(=O)NC2CCN(Cc3cc(F)cc(F)c3)CC2)nc1)N1CCN(Cc2ccc(F)cc2)CC1. The molecule has 1 amide bonds. The van der Waals surface area contributed by atoms with Gasteiger partial charge in [0.25, 0.3) is 5.91 Å². The number of piperidine rings is 1. The number of likely N-dealkylation sites (tertiary alicyclic amines) is 1. The average Bonchev–Trinajstić information content (AvgIpc) is 2.95. The van der Waals surface area contributed by atoms with Gasteiger partial charge in [0.2, 0.25) is 0 Å². The molecule has 0 bridgehead atoms. The topological polar surface area (TPSA) is 51.7 Å². The van der Waals surface area contributed by atoms with Crippen LogP contribution in [0.25, 0.3) is 5.70 Å². The van der Waals surface area contributed by atoms with Crippen LogP contribution in [0, 0.1) is 17.5 Å². The molecule has 2 aromatic carbocycles. The molecule has 0 atom stereocenters. The van der Waals surface area contributed by atoms with E-state index in [4.69, 9.17) is 0 Å². The predicted molar refractivity (Wildman–Crippen MR) is 149 cm³/mol. The Bertz CT molecular complexity index is 1300. The number of benzene rings is 2. The van der Waals surface area contributed by atoms with E-state index in [1.165, 1.54) is 24.3 Å². The van der Waals surface area contributed by atoms with E-state index in [-0.39, 0.29) is 17.8 Å². The van der Waals surface area contributed by atoms with E-state index >= 15 is 0 Å². The van der Waals surface area contributed by atoms with Crippen molar-refractivity contribution in [2.75, 3.05) is 39.3 Å². The molecule has 2 aliphatic heterocycles. The van der Waals surface area contributed by atoms with Gasteiger partial charge in [0.15, 0.2) is 0 Å². The Morgan fingerprint density at radius 2 is 1.43 bits per heavy atom. The molecule has 0 unspecified atom stereocenters. The molecule has 0 spiro atoms. The molecule has 3 aromatic rings. The molecule has 3 heterocycles. The Hall–Kier alpha value is -3.69. The normalized spacial score (nSPS) is 17.1. The van der Waals surface area contributed by atoms with Gasteiger partial charge < -0.3 is 10.2 Å². The van der Waals surface area contributed by atoms with Gasteiger partial charge in [-0.05, 0) is 60.4 Å². The van der Waals surface area contributed by atoms with Crippen molar-refractivity contribution >= 4 is 11.6 Å². The number of carbonyl (C=O) groups is 1. The summed E-state index contributed by atoms with van der Waals surface area (Å²) in [6.07, 6.45) is 3.21. The number of piperazine rings is 1. The standard InChI is InChI=1S/C31H34F3N5O/c1-22(39-14-12-38(13-15-39)20-23-2-5-26(32)6-3-23)25-4-7-30(35-19-25)31(40)36-29-8-10-37(11-9-29)21-24-16-27(33)18-28(34)17-24/h2-7,16-19,29H,1,8-15,20-21H2,(H,36,40). The van der Waals surface area contributed by atoms with Crippen LogP contribution < -0.4 is 5.32 Å². The first kappa shape index (κ1) is 27.9. The fourth-order valence-electron chi connectivity index (χ4n) is 5.36. The first-order valence-corrected chi connectivity index (χ1v) is 13.7. The van der Waals surface area contributed by atoms with Crippen LogP contribution in [-0.2, 0) is 13.1 Å². The van der Waals surface area contributed by atoms with Crippen LogP contribution in [0.1, 0.15) is 40.0 Å². The monoisotopic (exact) mass is 549 g/mol. The third-order valence-electron chi connectivity index (χ3n) is 7.65. The van der Waals surface area contributed by atoms with Crippen molar-refractivity contribution in [3.8, 4) is 0 Å². The number of nitrogens with one attached hydrogen (secondary N) is 1. The molecule has 2 aliphatic rings. The fourth-order valence-corrected chi connectivity index (χ4v) is 5.36. The molecule has 210 valence electrons. The summed E-state index contributed by atoms with van der Waals surface area (Å²) in [5.74, 6) is -1.57. The van der Waals surface area contributed by atoms with Gasteiger partial charge >= 0.3 is 0 Å². The highest BCUT2D eigenvalue weighted by molar-refractivity contribution is 5.92. The zero-order chi connectivity index (χ0) is 28.1. The average molecular weight is 550 g/mol. The number of nitrogens with zero attached hydrogens (tertiary/aromatic N) is 4. The zero-order valence-corrected chi connectivity index (χ0v) is 22.5. The van der Waals surface area contributed by atoms with Crippen molar-refractivity contribution in [2.45, 2.75) is 32.0 Å². The Balaban J connectivity index is 1.06. The third kappa shape index (κ3) is 7.28. The first-order chi connectivity index (χ1) is 19.3. The molecular formula is C31H34F3N5O. The number of halogens is 3. The maximum absolute atomic E-state index is 13.5. The van der Waals surface area contributed by atoms with E-state index in [2.05, 4.69) is 31.6 Å². The molecule has 2 fully saturated rings. The molecule has 0 saturated carbocycles. The lowest BCUT2D eigenvalue weighted by Crippen LogP contribution is -2.45. The number of aromatic nitrogens is 1. The second-order valence-electron chi connectivity index (χ2n) is 10.6. The lowest BCUT2D eigenvalue weighted by molar-refractivity contribution is 0.0903. The third-order valence-corrected chi connectivity index (χ3v) is 7.65. The summed E-state index contributed by atoms with van der Waals surface area (Å²) < 4.78 is 40.1. The van der Waals surface area contributed by atoms with Gasteiger partial charge in [0.05, 0.1) is 0 Å². The number of rotatable bonds is 8. The van der Waals surface area contributed by atoms with E-state index in [0.717, 1.165) is 81.5 Å². The maximum Gasteiger partial charge on any atom is 0.270 e. The molecule has 9 heteroatoms. The maximum atomic E-state index is 13.5. The van der Waals surface area contributed by atoms with Gasteiger partial charge in [-0.3, -0.25) is 19.6 Å². The summed E-state index contributed by atoms with van der Waals surface area (Å²) in [5.41, 5.74) is 3.82. The Labute approximate surface area is 233 Å². The van der Waals surface area contributed by atoms with Crippen LogP contribution in [0.15, 0.2) is 67.4 Å². The molecule has 6 nitrogen and oxygen atoms in total. The number of hydrogen-bond donors (Lipinski definition) is 1. The van der Waals surface area contributed by atoms with Crippen LogP contribution in [0.2, 0.25) is 0 Å². The Kier molecular flexibility index (Phi) is 8.81. The zero-order valence-electron chi connectivity index (χ0n) is 22.5. The summed E-state index contributed by atoms with van der Waals surface area (Å²) >= 11 is 0. The number of hydrogen-bond acceptors (Lipinski definition) is 5. The number of amides is 1. The second-order valence-corrected chi connectivity index (χ2v) is 10.6. The minimum Gasteiger partial charge on any atom is -0.369 e. The molecule has 40 heavy (non-hydrogen) atoms. The molecule has 0 radical (unpaired) electrons. The van der Waals surface area contributed by atoms with Gasteiger partial charge in [0.1, 0.15) is 23.1 Å². The highest BCUT2D eigenvalue weighted by atomic mass is 19.1. The van der Waals surface area contributed by atoms with E-state index in [1.807, 2.05) is 18.2 Å². The highest BCUT2D eigenvalue weighted by Crippen LogP contribution is 2.21. The number of pyridine rings is 1. The van der Waals surface area contributed by atoms with E-state index in [1.54, 1.807) is 12.3 Å². The van der Waals surface area contributed by atoms with Crippen LogP contribution in [0.4, 0.5) is 13.2 Å². The van der Waals surface area contributed by atoms with Crippen molar-refractivity contribution in [1.29, 1.82) is 0 Å². The Morgan fingerprint density at radius 3 is 2.05 bits per heavy atom.